The highest BCUT2D eigenvalue weighted by atomic mass is 16.4. The molecule has 0 radical (unpaired) electrons. The van der Waals surface area contributed by atoms with Crippen LogP contribution in [0.1, 0.15) is 23.6 Å². The fraction of sp³-hybridized carbons (Fsp3) is 0.333. The Kier molecular flexibility index (Phi) is 1.43. The van der Waals surface area contributed by atoms with Crippen molar-refractivity contribution < 1.29 is 9.90 Å². The standard InChI is InChI=1S/C6H9N5O2/c1-2-8-9-5-3(7)4(6(12)13)10-11(2)5/h2,8-9H,7H2,1H3,(H,12,13). The molecule has 1 unspecified atom stereocenters. The maximum Gasteiger partial charge on any atom is 0.358 e. The van der Waals surface area contributed by atoms with Crippen molar-refractivity contribution in [2.75, 3.05) is 11.2 Å². The van der Waals surface area contributed by atoms with Gasteiger partial charge in [0.15, 0.2) is 11.5 Å². The molecule has 1 aromatic rings. The van der Waals surface area contributed by atoms with Gasteiger partial charge in [0.2, 0.25) is 0 Å². The van der Waals surface area contributed by atoms with Crippen LogP contribution in [0.3, 0.4) is 0 Å². The van der Waals surface area contributed by atoms with E-state index in [1.54, 1.807) is 0 Å². The Hall–Kier alpha value is -1.76. The number of nitrogens with one attached hydrogen (secondary N) is 2. The molecule has 0 saturated carbocycles. The van der Waals surface area contributed by atoms with Crippen LogP contribution in [0.2, 0.25) is 0 Å². The molecule has 1 aromatic heterocycles. The van der Waals surface area contributed by atoms with Gasteiger partial charge in [-0.15, -0.1) is 0 Å². The molecule has 13 heavy (non-hydrogen) atoms. The van der Waals surface area contributed by atoms with E-state index >= 15 is 0 Å². The second-order valence-electron chi connectivity index (χ2n) is 2.81. The monoisotopic (exact) mass is 183 g/mol. The number of anilines is 2. The molecule has 0 spiro atoms. The molecule has 7 nitrogen and oxygen atoms in total. The van der Waals surface area contributed by atoms with Crippen molar-refractivity contribution in [1.82, 2.24) is 15.2 Å². The number of aromatic carboxylic acids is 1. The van der Waals surface area contributed by atoms with Crippen molar-refractivity contribution >= 4 is 17.5 Å². The number of carboxylic acid groups (broad SMARTS) is 1. The number of nitrogen functional groups attached to an aromatic ring is 1. The van der Waals surface area contributed by atoms with Crippen LogP contribution in [0.15, 0.2) is 0 Å². The number of nitrogens with zero attached hydrogens (tertiary/aromatic N) is 2. The quantitative estimate of drug-likeness (QED) is 0.472. The number of carbonyl (C=O) groups is 1. The van der Waals surface area contributed by atoms with Gasteiger partial charge in [-0.1, -0.05) is 0 Å². The largest absolute Gasteiger partial charge is 0.476 e. The van der Waals surface area contributed by atoms with Crippen molar-refractivity contribution in [3.63, 3.8) is 0 Å². The van der Waals surface area contributed by atoms with Gasteiger partial charge < -0.3 is 16.3 Å². The molecule has 0 fully saturated rings. The average molecular weight is 183 g/mol. The van der Waals surface area contributed by atoms with E-state index < -0.39 is 5.97 Å². The molecular formula is C6H9N5O2. The van der Waals surface area contributed by atoms with Gasteiger partial charge in [0, 0.05) is 0 Å². The zero-order valence-corrected chi connectivity index (χ0v) is 6.90. The number of aromatic nitrogens is 2. The summed E-state index contributed by atoms with van der Waals surface area (Å²) in [7, 11) is 0. The molecule has 70 valence electrons. The highest BCUT2D eigenvalue weighted by Crippen LogP contribution is 2.28. The summed E-state index contributed by atoms with van der Waals surface area (Å²) in [6.45, 7) is 1.83. The Morgan fingerprint density at radius 3 is 3.00 bits per heavy atom. The summed E-state index contributed by atoms with van der Waals surface area (Å²) in [6, 6.07) is 0. The lowest BCUT2D eigenvalue weighted by atomic mass is 10.3. The molecule has 0 aromatic carbocycles. The third kappa shape index (κ3) is 0.937. The smallest absolute Gasteiger partial charge is 0.358 e. The molecule has 5 N–H and O–H groups in total. The third-order valence-corrected chi connectivity index (χ3v) is 1.92. The van der Waals surface area contributed by atoms with Crippen LogP contribution in [0.4, 0.5) is 11.5 Å². The number of rotatable bonds is 1. The summed E-state index contributed by atoms with van der Waals surface area (Å²) in [5, 5.41) is 12.5. The predicted molar refractivity (Wildman–Crippen MR) is 45.1 cm³/mol. The van der Waals surface area contributed by atoms with Gasteiger partial charge in [-0.25, -0.2) is 14.9 Å². The SMILES string of the molecule is CC1NNc2c(N)c(C(=O)O)nn21. The molecule has 0 aliphatic carbocycles. The highest BCUT2D eigenvalue weighted by molar-refractivity contribution is 5.94. The first-order chi connectivity index (χ1) is 6.11. The first-order valence-electron chi connectivity index (χ1n) is 3.74. The van der Waals surface area contributed by atoms with Crippen LogP contribution in [0.25, 0.3) is 0 Å². The third-order valence-electron chi connectivity index (χ3n) is 1.92. The second kappa shape index (κ2) is 2.36. The summed E-state index contributed by atoms with van der Waals surface area (Å²) in [4.78, 5) is 10.6. The van der Waals surface area contributed by atoms with Crippen LogP contribution in [-0.2, 0) is 0 Å². The van der Waals surface area contributed by atoms with E-state index in [0.717, 1.165) is 0 Å². The van der Waals surface area contributed by atoms with Crippen molar-refractivity contribution in [2.45, 2.75) is 13.1 Å². The summed E-state index contributed by atoms with van der Waals surface area (Å²) in [5.41, 5.74) is 11.2. The number of carboxylic acids is 1. The van der Waals surface area contributed by atoms with Crippen molar-refractivity contribution in [2.24, 2.45) is 0 Å². The zero-order chi connectivity index (χ0) is 9.59. The fourth-order valence-electron chi connectivity index (χ4n) is 1.24. The number of nitrogens with two attached hydrogens (primary N) is 1. The van der Waals surface area contributed by atoms with Gasteiger partial charge in [0.05, 0.1) is 0 Å². The van der Waals surface area contributed by atoms with Crippen LogP contribution in [0, 0.1) is 0 Å². The van der Waals surface area contributed by atoms with E-state index in [2.05, 4.69) is 16.0 Å². The average Bonchev–Trinajstić information content (AvgIpc) is 2.55. The van der Waals surface area contributed by atoms with Crippen LogP contribution in [-0.4, -0.2) is 20.9 Å². The van der Waals surface area contributed by atoms with Gasteiger partial charge >= 0.3 is 5.97 Å². The number of hydrazine groups is 1. The van der Waals surface area contributed by atoms with E-state index in [4.69, 9.17) is 10.8 Å². The summed E-state index contributed by atoms with van der Waals surface area (Å²) >= 11 is 0. The van der Waals surface area contributed by atoms with E-state index in [9.17, 15) is 4.79 Å². The molecule has 0 amide bonds. The van der Waals surface area contributed by atoms with E-state index in [0.29, 0.717) is 5.82 Å². The predicted octanol–water partition coefficient (Wildman–Crippen LogP) is -0.388. The van der Waals surface area contributed by atoms with E-state index in [1.165, 1.54) is 4.68 Å². The molecule has 1 atom stereocenters. The minimum atomic E-state index is -1.12. The van der Waals surface area contributed by atoms with Gasteiger partial charge in [-0.05, 0) is 6.92 Å². The molecular weight excluding hydrogens is 174 g/mol. The maximum absolute atomic E-state index is 10.6. The Morgan fingerprint density at radius 2 is 2.46 bits per heavy atom. The molecule has 0 bridgehead atoms. The Labute approximate surface area is 73.5 Å². The normalized spacial score (nSPS) is 19.6. The lowest BCUT2D eigenvalue weighted by molar-refractivity contribution is 0.0690. The molecule has 1 aliphatic heterocycles. The summed E-state index contributed by atoms with van der Waals surface area (Å²) in [6.07, 6.45) is -0.0922. The lowest BCUT2D eigenvalue weighted by Gasteiger charge is -2.01. The Morgan fingerprint density at radius 1 is 1.77 bits per heavy atom. The Bertz CT molecular complexity index is 371. The maximum atomic E-state index is 10.6. The van der Waals surface area contributed by atoms with Crippen molar-refractivity contribution in [3.05, 3.63) is 5.69 Å². The lowest BCUT2D eigenvalue weighted by Crippen LogP contribution is -2.20. The minimum absolute atomic E-state index is 0.0922. The zero-order valence-electron chi connectivity index (χ0n) is 6.90. The summed E-state index contributed by atoms with van der Waals surface area (Å²) in [5.74, 6) is -0.613. The first-order valence-corrected chi connectivity index (χ1v) is 3.74. The number of hydrogen-bond donors (Lipinski definition) is 4. The summed E-state index contributed by atoms with van der Waals surface area (Å²) < 4.78 is 1.50. The van der Waals surface area contributed by atoms with Crippen LogP contribution >= 0.6 is 0 Å². The number of fused-ring (bicyclic) bond motifs is 1. The highest BCUT2D eigenvalue weighted by Gasteiger charge is 2.26. The first kappa shape index (κ1) is 7.87. The van der Waals surface area contributed by atoms with Crippen LogP contribution in [0.5, 0.6) is 0 Å². The van der Waals surface area contributed by atoms with Gasteiger partial charge in [-0.2, -0.15) is 5.10 Å². The van der Waals surface area contributed by atoms with Gasteiger partial charge in [0.25, 0.3) is 0 Å². The van der Waals surface area contributed by atoms with Crippen LogP contribution < -0.4 is 16.6 Å². The van der Waals surface area contributed by atoms with E-state index in [1.807, 2.05) is 6.92 Å². The molecule has 7 heteroatoms. The second-order valence-corrected chi connectivity index (χ2v) is 2.81. The van der Waals surface area contributed by atoms with E-state index in [-0.39, 0.29) is 17.5 Å². The van der Waals surface area contributed by atoms with Crippen molar-refractivity contribution in [3.8, 4) is 0 Å². The molecule has 2 rings (SSSR count). The molecule has 0 saturated heterocycles. The molecule has 1 aliphatic rings. The van der Waals surface area contributed by atoms with Gasteiger partial charge in [-0.3, -0.25) is 0 Å². The molecule has 2 heterocycles. The fourth-order valence-corrected chi connectivity index (χ4v) is 1.24. The number of hydrogen-bond acceptors (Lipinski definition) is 5. The Balaban J connectivity index is 2.55. The van der Waals surface area contributed by atoms with Crippen molar-refractivity contribution in [1.29, 1.82) is 0 Å². The van der Waals surface area contributed by atoms with Gasteiger partial charge in [0.1, 0.15) is 11.9 Å². The minimum Gasteiger partial charge on any atom is -0.476 e. The topological polar surface area (TPSA) is 105 Å².